The molecule has 0 spiro atoms. The van der Waals surface area contributed by atoms with E-state index in [4.69, 9.17) is 0 Å². The first-order chi connectivity index (χ1) is 4.13. The normalized spacial score (nSPS) is 12.7. The van der Waals surface area contributed by atoms with Crippen molar-refractivity contribution in [1.29, 1.82) is 0 Å². The number of hydrazone groups is 1. The minimum absolute atomic E-state index is 1.08. The maximum Gasteiger partial charge on any atom is 0.0478 e. The minimum Gasteiger partial charge on any atom is -0.303 e. The van der Waals surface area contributed by atoms with Crippen LogP contribution in [0.5, 0.6) is 0 Å². The summed E-state index contributed by atoms with van der Waals surface area (Å²) in [5.74, 6) is 0. The topological polar surface area (TPSA) is 15.6 Å². The third-order valence-corrected chi connectivity index (χ3v) is 0.866. The summed E-state index contributed by atoms with van der Waals surface area (Å²) in [5.41, 5.74) is 0. The molecule has 0 aromatic rings. The van der Waals surface area contributed by atoms with Gasteiger partial charge in [0.2, 0.25) is 0 Å². The van der Waals surface area contributed by atoms with Crippen LogP contribution in [0.2, 0.25) is 0 Å². The molecule has 3 heteroatoms. The molecule has 0 aromatic carbocycles. The summed E-state index contributed by atoms with van der Waals surface area (Å²) in [5, 5.41) is 5.71. The summed E-state index contributed by atoms with van der Waals surface area (Å²) in [6.07, 6.45) is 3.63. The molecule has 0 fully saturated rings. The zero-order valence-corrected chi connectivity index (χ0v) is 7.51. The van der Waals surface area contributed by atoms with Gasteiger partial charge in [-0.25, -0.2) is 0 Å². The highest BCUT2D eigenvalue weighted by atomic mass is 79.9. The van der Waals surface area contributed by atoms with Crippen molar-refractivity contribution in [2.24, 2.45) is 5.10 Å². The van der Waals surface area contributed by atoms with Crippen LogP contribution in [0, 0.1) is 0 Å². The Bertz CT molecular complexity index is 123. The zero-order chi connectivity index (χ0) is 7.28. The van der Waals surface area contributed by atoms with Crippen molar-refractivity contribution >= 4 is 22.1 Å². The third-order valence-electron chi connectivity index (χ3n) is 0.602. The Kier molecular flexibility index (Phi) is 4.40. The smallest absolute Gasteiger partial charge is 0.0478 e. The number of hydrogen-bond donors (Lipinski definition) is 0. The van der Waals surface area contributed by atoms with Crippen molar-refractivity contribution in [1.82, 2.24) is 5.01 Å². The molecule has 0 N–H and O–H groups in total. The van der Waals surface area contributed by atoms with Crippen molar-refractivity contribution in [3.05, 3.63) is 10.6 Å². The SMILES string of the molecule is C/C(Br)=C/C=N/N(C)C. The van der Waals surface area contributed by atoms with Crippen LogP contribution in [-0.2, 0) is 0 Å². The van der Waals surface area contributed by atoms with E-state index in [9.17, 15) is 0 Å². The van der Waals surface area contributed by atoms with Crippen LogP contribution >= 0.6 is 15.9 Å². The predicted octanol–water partition coefficient (Wildman–Crippen LogP) is 1.83. The average Bonchev–Trinajstić information content (AvgIpc) is 1.63. The summed E-state index contributed by atoms with van der Waals surface area (Å²) in [7, 11) is 3.77. The van der Waals surface area contributed by atoms with Crippen molar-refractivity contribution in [3.8, 4) is 0 Å². The number of nitrogens with zero attached hydrogens (tertiary/aromatic N) is 2. The first-order valence-corrected chi connectivity index (χ1v) is 3.46. The highest BCUT2D eigenvalue weighted by Crippen LogP contribution is 1.98. The number of allylic oxidation sites excluding steroid dienone is 2. The molecule has 0 aliphatic heterocycles. The molecular weight excluding hydrogens is 180 g/mol. The Morgan fingerprint density at radius 1 is 1.56 bits per heavy atom. The minimum atomic E-state index is 1.08. The molecule has 0 amide bonds. The van der Waals surface area contributed by atoms with Gasteiger partial charge in [-0.2, -0.15) is 5.10 Å². The Morgan fingerprint density at radius 3 is 2.44 bits per heavy atom. The molecule has 0 unspecified atom stereocenters. The van der Waals surface area contributed by atoms with E-state index >= 15 is 0 Å². The lowest BCUT2D eigenvalue weighted by atomic mass is 10.6. The highest BCUT2D eigenvalue weighted by Gasteiger charge is 1.74. The van der Waals surface area contributed by atoms with Crippen molar-refractivity contribution in [2.75, 3.05) is 14.1 Å². The van der Waals surface area contributed by atoms with Gasteiger partial charge in [0.15, 0.2) is 0 Å². The Morgan fingerprint density at radius 2 is 2.11 bits per heavy atom. The van der Waals surface area contributed by atoms with Gasteiger partial charge in [0.1, 0.15) is 0 Å². The maximum atomic E-state index is 3.97. The van der Waals surface area contributed by atoms with Gasteiger partial charge in [-0.05, 0) is 17.5 Å². The maximum absolute atomic E-state index is 3.97. The molecule has 0 aromatic heterocycles. The van der Waals surface area contributed by atoms with E-state index in [2.05, 4.69) is 21.0 Å². The molecule has 0 heterocycles. The molecule has 0 aliphatic rings. The fraction of sp³-hybridized carbons (Fsp3) is 0.500. The van der Waals surface area contributed by atoms with E-state index < -0.39 is 0 Å². The van der Waals surface area contributed by atoms with E-state index in [1.165, 1.54) is 0 Å². The average molecular weight is 191 g/mol. The van der Waals surface area contributed by atoms with Crippen LogP contribution in [0.4, 0.5) is 0 Å². The number of halogens is 1. The highest BCUT2D eigenvalue weighted by molar-refractivity contribution is 9.11. The van der Waals surface area contributed by atoms with Gasteiger partial charge in [0.25, 0.3) is 0 Å². The van der Waals surface area contributed by atoms with E-state index in [0.29, 0.717) is 0 Å². The molecular formula is C6H11BrN2. The molecule has 0 bridgehead atoms. The number of rotatable bonds is 2. The molecule has 0 saturated heterocycles. The van der Waals surface area contributed by atoms with Crippen LogP contribution in [0.1, 0.15) is 6.92 Å². The zero-order valence-electron chi connectivity index (χ0n) is 5.93. The lowest BCUT2D eigenvalue weighted by Crippen LogP contribution is -2.00. The van der Waals surface area contributed by atoms with Gasteiger partial charge in [-0.1, -0.05) is 15.9 Å². The molecule has 2 nitrogen and oxygen atoms in total. The summed E-state index contributed by atoms with van der Waals surface area (Å²) in [4.78, 5) is 0. The summed E-state index contributed by atoms with van der Waals surface area (Å²) >= 11 is 3.28. The standard InChI is InChI=1S/C6H11BrN2/c1-6(7)4-5-8-9(2)3/h4-5H,1-3H3/b6-4-,8-5+. The molecule has 9 heavy (non-hydrogen) atoms. The van der Waals surface area contributed by atoms with Gasteiger partial charge in [0, 0.05) is 20.3 Å². The van der Waals surface area contributed by atoms with Crippen molar-refractivity contribution in [2.45, 2.75) is 6.92 Å². The van der Waals surface area contributed by atoms with E-state index in [1.54, 1.807) is 11.2 Å². The van der Waals surface area contributed by atoms with Crippen LogP contribution < -0.4 is 0 Å². The third kappa shape index (κ3) is 7.69. The number of hydrogen-bond acceptors (Lipinski definition) is 2. The second-order valence-electron chi connectivity index (χ2n) is 1.87. The van der Waals surface area contributed by atoms with E-state index in [-0.39, 0.29) is 0 Å². The lowest BCUT2D eigenvalue weighted by molar-refractivity contribution is 0.440. The molecule has 0 atom stereocenters. The monoisotopic (exact) mass is 190 g/mol. The summed E-state index contributed by atoms with van der Waals surface area (Å²) in [6, 6.07) is 0. The molecule has 0 radical (unpaired) electrons. The molecule has 0 rings (SSSR count). The van der Waals surface area contributed by atoms with Gasteiger partial charge in [0.05, 0.1) is 0 Å². The van der Waals surface area contributed by atoms with E-state index in [0.717, 1.165) is 4.48 Å². The fourth-order valence-corrected chi connectivity index (χ4v) is 0.388. The predicted molar refractivity (Wildman–Crippen MR) is 44.9 cm³/mol. The van der Waals surface area contributed by atoms with Crippen LogP contribution in [0.25, 0.3) is 0 Å². The van der Waals surface area contributed by atoms with Gasteiger partial charge >= 0.3 is 0 Å². The van der Waals surface area contributed by atoms with Crippen LogP contribution in [-0.4, -0.2) is 25.3 Å². The van der Waals surface area contributed by atoms with Crippen LogP contribution in [0.3, 0.4) is 0 Å². The van der Waals surface area contributed by atoms with Crippen molar-refractivity contribution in [3.63, 3.8) is 0 Å². The Labute approximate surface area is 64.4 Å². The molecule has 0 aliphatic carbocycles. The summed E-state index contributed by atoms with van der Waals surface area (Å²) in [6.45, 7) is 1.96. The molecule has 52 valence electrons. The van der Waals surface area contributed by atoms with Gasteiger partial charge in [-0.3, -0.25) is 0 Å². The second kappa shape index (κ2) is 4.56. The van der Waals surface area contributed by atoms with Crippen LogP contribution in [0.15, 0.2) is 15.7 Å². The fourth-order valence-electron chi connectivity index (χ4n) is 0.269. The molecule has 0 saturated carbocycles. The van der Waals surface area contributed by atoms with Crippen molar-refractivity contribution < 1.29 is 0 Å². The first-order valence-electron chi connectivity index (χ1n) is 2.66. The Hall–Kier alpha value is -0.310. The quantitative estimate of drug-likeness (QED) is 0.480. The van der Waals surface area contributed by atoms with Gasteiger partial charge < -0.3 is 5.01 Å². The largest absolute Gasteiger partial charge is 0.303 e. The first kappa shape index (κ1) is 8.69. The Balaban J connectivity index is 3.60. The van der Waals surface area contributed by atoms with Gasteiger partial charge in [-0.15, -0.1) is 0 Å². The summed E-state index contributed by atoms with van der Waals surface area (Å²) < 4.78 is 1.08. The second-order valence-corrected chi connectivity index (χ2v) is 3.12. The van der Waals surface area contributed by atoms with E-state index in [1.807, 2.05) is 27.1 Å². The lowest BCUT2D eigenvalue weighted by Gasteiger charge is -1.99.